The molecule has 1 aromatic heterocycles. The molecule has 0 aliphatic heterocycles. The smallest absolute Gasteiger partial charge is 0.230 e. The van der Waals surface area contributed by atoms with Crippen LogP contribution >= 0.6 is 11.8 Å². The molecule has 1 heterocycles. The van der Waals surface area contributed by atoms with Gasteiger partial charge >= 0.3 is 0 Å². The van der Waals surface area contributed by atoms with E-state index in [-0.39, 0.29) is 11.4 Å². The highest BCUT2D eigenvalue weighted by Gasteiger charge is 2.19. The van der Waals surface area contributed by atoms with Gasteiger partial charge in [-0.15, -0.1) is 10.2 Å². The normalized spacial score (nSPS) is 11.5. The van der Waals surface area contributed by atoms with E-state index in [2.05, 4.69) is 29.4 Å². The van der Waals surface area contributed by atoms with Gasteiger partial charge in [0.1, 0.15) is 0 Å². The van der Waals surface area contributed by atoms with Crippen LogP contribution in [-0.2, 0) is 11.3 Å². The van der Waals surface area contributed by atoms with Gasteiger partial charge in [0.05, 0.1) is 5.75 Å². The fraction of sp³-hybridized carbons (Fsp3) is 0.471. The van der Waals surface area contributed by atoms with Crippen LogP contribution in [0.5, 0.6) is 0 Å². The molecule has 0 radical (unpaired) electrons. The predicted octanol–water partition coefficient (Wildman–Crippen LogP) is 3.36. The zero-order chi connectivity index (χ0) is 16.9. The lowest BCUT2D eigenvalue weighted by atomic mass is 10.0. The van der Waals surface area contributed by atoms with Gasteiger partial charge in [0.2, 0.25) is 5.91 Å². The van der Waals surface area contributed by atoms with Crippen molar-refractivity contribution < 1.29 is 4.79 Å². The third-order valence-electron chi connectivity index (χ3n) is 3.76. The van der Waals surface area contributed by atoms with Crippen molar-refractivity contribution >= 4 is 17.7 Å². The lowest BCUT2D eigenvalue weighted by Crippen LogP contribution is -2.43. The Bertz CT molecular complexity index is 652. The molecule has 0 bridgehead atoms. The van der Waals surface area contributed by atoms with Crippen molar-refractivity contribution in [3.8, 4) is 11.4 Å². The summed E-state index contributed by atoms with van der Waals surface area (Å²) in [6.07, 6.45) is 0.896. The van der Waals surface area contributed by atoms with E-state index >= 15 is 0 Å². The Morgan fingerprint density at radius 2 is 1.91 bits per heavy atom. The van der Waals surface area contributed by atoms with Gasteiger partial charge in [-0.3, -0.25) is 4.79 Å². The third kappa shape index (κ3) is 4.58. The number of aromatic nitrogens is 3. The van der Waals surface area contributed by atoms with Crippen molar-refractivity contribution in [1.82, 2.24) is 20.1 Å². The van der Waals surface area contributed by atoms with Gasteiger partial charge in [0.15, 0.2) is 11.0 Å². The number of hydrogen-bond acceptors (Lipinski definition) is 4. The summed E-state index contributed by atoms with van der Waals surface area (Å²) in [5, 5.41) is 12.3. The maximum absolute atomic E-state index is 12.1. The fourth-order valence-electron chi connectivity index (χ4n) is 2.11. The maximum atomic E-state index is 12.1. The lowest BCUT2D eigenvalue weighted by molar-refractivity contribution is -0.120. The Morgan fingerprint density at radius 1 is 1.22 bits per heavy atom. The molecule has 124 valence electrons. The van der Waals surface area contributed by atoms with Crippen LogP contribution in [0.1, 0.15) is 34.1 Å². The van der Waals surface area contributed by atoms with Crippen molar-refractivity contribution in [1.29, 1.82) is 0 Å². The second kappa shape index (κ2) is 7.64. The SMILES string of the molecule is CCn1c(SCC(=O)NC(C)(C)CC)nnc1-c1ccccc1. The van der Waals surface area contributed by atoms with Crippen LogP contribution in [0.4, 0.5) is 0 Å². The number of nitrogens with one attached hydrogen (secondary N) is 1. The third-order valence-corrected chi connectivity index (χ3v) is 4.73. The highest BCUT2D eigenvalue weighted by molar-refractivity contribution is 7.99. The molecule has 2 aromatic rings. The number of thioether (sulfide) groups is 1. The van der Waals surface area contributed by atoms with E-state index in [9.17, 15) is 4.79 Å². The largest absolute Gasteiger partial charge is 0.351 e. The molecule has 0 spiro atoms. The first-order chi connectivity index (χ1) is 11.0. The minimum Gasteiger partial charge on any atom is -0.351 e. The number of benzene rings is 1. The summed E-state index contributed by atoms with van der Waals surface area (Å²) in [5.41, 5.74) is 0.857. The summed E-state index contributed by atoms with van der Waals surface area (Å²) in [6, 6.07) is 9.97. The van der Waals surface area contributed by atoms with Crippen molar-refractivity contribution in [2.45, 2.75) is 51.4 Å². The first kappa shape index (κ1) is 17.5. The van der Waals surface area contributed by atoms with Crippen LogP contribution in [0, 0.1) is 0 Å². The molecule has 0 saturated heterocycles. The van der Waals surface area contributed by atoms with Crippen LogP contribution < -0.4 is 5.32 Å². The van der Waals surface area contributed by atoms with Gasteiger partial charge < -0.3 is 9.88 Å². The zero-order valence-corrected chi connectivity index (χ0v) is 15.0. The van der Waals surface area contributed by atoms with Crippen molar-refractivity contribution in [2.24, 2.45) is 0 Å². The number of nitrogens with zero attached hydrogens (tertiary/aromatic N) is 3. The number of rotatable bonds is 7. The van der Waals surface area contributed by atoms with E-state index in [1.165, 1.54) is 11.8 Å². The van der Waals surface area contributed by atoms with Crippen molar-refractivity contribution in [3.05, 3.63) is 30.3 Å². The van der Waals surface area contributed by atoms with E-state index in [0.717, 1.165) is 29.5 Å². The Kier molecular flexibility index (Phi) is 5.82. The number of carbonyl (C=O) groups excluding carboxylic acids is 1. The van der Waals surface area contributed by atoms with E-state index in [0.29, 0.717) is 5.75 Å². The molecule has 2 rings (SSSR count). The van der Waals surface area contributed by atoms with E-state index in [1.54, 1.807) is 0 Å². The first-order valence-corrected chi connectivity index (χ1v) is 8.88. The van der Waals surface area contributed by atoms with Gasteiger partial charge in [-0.25, -0.2) is 0 Å². The topological polar surface area (TPSA) is 59.8 Å². The lowest BCUT2D eigenvalue weighted by Gasteiger charge is -2.24. The number of amides is 1. The molecular formula is C17H24N4OS. The standard InChI is InChI=1S/C17H24N4OS/c1-5-17(3,4)18-14(22)12-23-16-20-19-15(21(16)6-2)13-10-8-7-9-11-13/h7-11H,5-6,12H2,1-4H3,(H,18,22). The summed E-state index contributed by atoms with van der Waals surface area (Å²) in [6.45, 7) is 8.93. The molecule has 0 unspecified atom stereocenters. The fourth-order valence-corrected chi connectivity index (χ4v) is 2.92. The van der Waals surface area contributed by atoms with E-state index < -0.39 is 0 Å². The molecule has 6 heteroatoms. The van der Waals surface area contributed by atoms with Crippen molar-refractivity contribution in [2.75, 3.05) is 5.75 Å². The first-order valence-electron chi connectivity index (χ1n) is 7.89. The Labute approximate surface area is 141 Å². The molecule has 23 heavy (non-hydrogen) atoms. The average molecular weight is 332 g/mol. The van der Waals surface area contributed by atoms with Gasteiger partial charge in [-0.1, -0.05) is 49.0 Å². The number of carbonyl (C=O) groups is 1. The minimum atomic E-state index is -0.175. The predicted molar refractivity (Wildman–Crippen MR) is 94.4 cm³/mol. The van der Waals surface area contributed by atoms with E-state index in [4.69, 9.17) is 0 Å². The summed E-state index contributed by atoms with van der Waals surface area (Å²) in [4.78, 5) is 12.1. The second-order valence-corrected chi connectivity index (χ2v) is 6.93. The van der Waals surface area contributed by atoms with Gasteiger partial charge in [0, 0.05) is 17.6 Å². The summed E-state index contributed by atoms with van der Waals surface area (Å²) < 4.78 is 2.04. The van der Waals surface area contributed by atoms with Crippen LogP contribution in [-0.4, -0.2) is 32.0 Å². The quantitative estimate of drug-likeness (QED) is 0.790. The van der Waals surface area contributed by atoms with Crippen molar-refractivity contribution in [3.63, 3.8) is 0 Å². The molecule has 0 aliphatic carbocycles. The van der Waals surface area contributed by atoms with Crippen LogP contribution in [0.2, 0.25) is 0 Å². The van der Waals surface area contributed by atoms with Gasteiger partial charge in [0.25, 0.3) is 0 Å². The zero-order valence-electron chi connectivity index (χ0n) is 14.2. The molecule has 0 aliphatic rings. The second-order valence-electron chi connectivity index (χ2n) is 5.99. The van der Waals surface area contributed by atoms with Crippen LogP contribution in [0.15, 0.2) is 35.5 Å². The maximum Gasteiger partial charge on any atom is 0.230 e. The Balaban J connectivity index is 2.07. The monoisotopic (exact) mass is 332 g/mol. The highest BCUT2D eigenvalue weighted by Crippen LogP contribution is 2.23. The molecule has 0 fully saturated rings. The van der Waals surface area contributed by atoms with Gasteiger partial charge in [-0.2, -0.15) is 0 Å². The molecule has 0 atom stereocenters. The Hall–Kier alpha value is -1.82. The summed E-state index contributed by atoms with van der Waals surface area (Å²) in [5.74, 6) is 1.20. The molecular weight excluding hydrogens is 308 g/mol. The van der Waals surface area contributed by atoms with Gasteiger partial charge in [-0.05, 0) is 27.2 Å². The molecule has 0 saturated carbocycles. The summed E-state index contributed by atoms with van der Waals surface area (Å²) in [7, 11) is 0. The highest BCUT2D eigenvalue weighted by atomic mass is 32.2. The Morgan fingerprint density at radius 3 is 2.52 bits per heavy atom. The molecule has 1 amide bonds. The molecule has 1 N–H and O–H groups in total. The van der Waals surface area contributed by atoms with Crippen LogP contribution in [0.3, 0.4) is 0 Å². The minimum absolute atomic E-state index is 0.0220. The van der Waals surface area contributed by atoms with Crippen LogP contribution in [0.25, 0.3) is 11.4 Å². The average Bonchev–Trinajstić information content (AvgIpc) is 2.96. The summed E-state index contributed by atoms with van der Waals surface area (Å²) >= 11 is 1.42. The van der Waals surface area contributed by atoms with E-state index in [1.807, 2.05) is 48.7 Å². The number of hydrogen-bond donors (Lipinski definition) is 1. The molecule has 5 nitrogen and oxygen atoms in total. The molecule has 1 aromatic carbocycles.